The molecule has 1 aromatic carbocycles. The summed E-state index contributed by atoms with van der Waals surface area (Å²) in [6, 6.07) is 10.1. The zero-order valence-electron chi connectivity index (χ0n) is 11.9. The highest BCUT2D eigenvalue weighted by Crippen LogP contribution is 2.26. The van der Waals surface area contributed by atoms with Gasteiger partial charge in [-0.05, 0) is 12.5 Å². The van der Waals surface area contributed by atoms with Gasteiger partial charge in [-0.1, -0.05) is 37.3 Å². The second-order valence-corrected chi connectivity index (χ2v) is 4.78. The molecule has 0 radical (unpaired) electrons. The molecule has 0 aromatic heterocycles. The Morgan fingerprint density at radius 1 is 1.40 bits per heavy atom. The molecule has 20 heavy (non-hydrogen) atoms. The number of aliphatic hydroxyl groups excluding tert-OH is 1. The Balaban J connectivity index is 0.000000347. The minimum atomic E-state index is -0.745. The minimum absolute atomic E-state index is 0.0182. The number of carboxylic acids is 1. The van der Waals surface area contributed by atoms with Crippen LogP contribution in [0.1, 0.15) is 25.8 Å². The van der Waals surface area contributed by atoms with Crippen LogP contribution in [-0.2, 0) is 20.7 Å². The first-order chi connectivity index (χ1) is 9.49. The lowest BCUT2D eigenvalue weighted by Crippen LogP contribution is -2.30. The predicted molar refractivity (Wildman–Crippen MR) is 74.4 cm³/mol. The fourth-order valence-electron chi connectivity index (χ4n) is 1.84. The van der Waals surface area contributed by atoms with Gasteiger partial charge in [0.1, 0.15) is 6.10 Å². The highest BCUT2D eigenvalue weighted by molar-refractivity contribution is 5.66. The van der Waals surface area contributed by atoms with Crippen molar-refractivity contribution >= 4 is 5.97 Å². The first-order valence-electron chi connectivity index (χ1n) is 6.67. The SMILES string of the molecule is CC1(Cc2ccccc2)OCC(CO)O1.CCC(=O)O. The van der Waals surface area contributed by atoms with Crippen LogP contribution in [0.25, 0.3) is 0 Å². The first kappa shape index (κ1) is 16.6. The molecule has 0 bridgehead atoms. The molecule has 1 aliphatic heterocycles. The Hall–Kier alpha value is -1.43. The molecule has 1 heterocycles. The zero-order chi connectivity index (χ0) is 15.0. The van der Waals surface area contributed by atoms with Crippen LogP contribution in [0.15, 0.2) is 30.3 Å². The molecule has 2 N–H and O–H groups in total. The summed E-state index contributed by atoms with van der Waals surface area (Å²) in [7, 11) is 0. The lowest BCUT2D eigenvalue weighted by atomic mass is 10.1. The third-order valence-corrected chi connectivity index (χ3v) is 2.86. The van der Waals surface area contributed by atoms with Crippen molar-refractivity contribution < 1.29 is 24.5 Å². The highest BCUT2D eigenvalue weighted by atomic mass is 16.7. The quantitative estimate of drug-likeness (QED) is 0.881. The molecule has 2 unspecified atom stereocenters. The largest absolute Gasteiger partial charge is 0.481 e. The van der Waals surface area contributed by atoms with Crippen molar-refractivity contribution in [3.8, 4) is 0 Å². The van der Waals surface area contributed by atoms with Crippen molar-refractivity contribution in [2.75, 3.05) is 13.2 Å². The fraction of sp³-hybridized carbons (Fsp3) is 0.533. The maximum atomic E-state index is 9.37. The van der Waals surface area contributed by atoms with Gasteiger partial charge in [0.2, 0.25) is 0 Å². The summed E-state index contributed by atoms with van der Waals surface area (Å²) < 4.78 is 11.2. The predicted octanol–water partition coefficient (Wildman–Crippen LogP) is 1.83. The number of aliphatic carboxylic acids is 1. The number of benzene rings is 1. The summed E-state index contributed by atoms with van der Waals surface area (Å²) in [4.78, 5) is 9.37. The number of hydrogen-bond acceptors (Lipinski definition) is 4. The van der Waals surface area contributed by atoms with Crippen LogP contribution in [0.5, 0.6) is 0 Å². The van der Waals surface area contributed by atoms with E-state index >= 15 is 0 Å². The molecule has 1 aromatic rings. The summed E-state index contributed by atoms with van der Waals surface area (Å²) in [5.41, 5.74) is 1.18. The fourth-order valence-corrected chi connectivity index (χ4v) is 1.84. The second-order valence-electron chi connectivity index (χ2n) is 4.78. The number of carbonyl (C=O) groups is 1. The van der Waals surface area contributed by atoms with Crippen LogP contribution in [-0.4, -0.2) is 41.3 Å². The molecule has 2 rings (SSSR count). The third-order valence-electron chi connectivity index (χ3n) is 2.86. The number of aliphatic hydroxyl groups is 1. The molecule has 2 atom stereocenters. The molecule has 5 nitrogen and oxygen atoms in total. The Kier molecular flexibility index (Phi) is 6.64. The van der Waals surface area contributed by atoms with Crippen molar-refractivity contribution in [3.05, 3.63) is 35.9 Å². The number of rotatable bonds is 4. The molecular weight excluding hydrogens is 260 g/mol. The van der Waals surface area contributed by atoms with Gasteiger partial charge in [0, 0.05) is 12.8 Å². The Morgan fingerprint density at radius 3 is 2.45 bits per heavy atom. The third kappa shape index (κ3) is 5.69. The lowest BCUT2D eigenvalue weighted by molar-refractivity contribution is -0.156. The molecule has 1 saturated heterocycles. The lowest BCUT2D eigenvalue weighted by Gasteiger charge is -2.23. The molecular formula is C15H22O5. The van der Waals surface area contributed by atoms with Gasteiger partial charge in [-0.15, -0.1) is 0 Å². The molecule has 112 valence electrons. The van der Waals surface area contributed by atoms with Crippen molar-refractivity contribution in [2.45, 2.75) is 38.6 Å². The minimum Gasteiger partial charge on any atom is -0.481 e. The van der Waals surface area contributed by atoms with Gasteiger partial charge >= 0.3 is 5.97 Å². The molecule has 1 aliphatic rings. The van der Waals surface area contributed by atoms with Crippen LogP contribution in [0, 0.1) is 0 Å². The van der Waals surface area contributed by atoms with E-state index in [1.807, 2.05) is 37.3 Å². The average molecular weight is 282 g/mol. The highest BCUT2D eigenvalue weighted by Gasteiger charge is 2.36. The maximum absolute atomic E-state index is 9.37. The van der Waals surface area contributed by atoms with Crippen molar-refractivity contribution in [3.63, 3.8) is 0 Å². The van der Waals surface area contributed by atoms with Crippen LogP contribution >= 0.6 is 0 Å². The van der Waals surface area contributed by atoms with Gasteiger partial charge in [0.25, 0.3) is 0 Å². The standard InChI is InChI=1S/C12H16O3.C3H6O2/c1-12(14-9-11(8-13)15-12)7-10-5-3-2-4-6-10;1-2-3(4)5/h2-6,11,13H,7-9H2,1H3;2H2,1H3,(H,4,5). The van der Waals surface area contributed by atoms with Crippen molar-refractivity contribution in [2.24, 2.45) is 0 Å². The van der Waals surface area contributed by atoms with E-state index in [0.717, 1.165) is 0 Å². The van der Waals surface area contributed by atoms with Gasteiger partial charge in [-0.3, -0.25) is 4.79 Å². The maximum Gasteiger partial charge on any atom is 0.303 e. The van der Waals surface area contributed by atoms with E-state index in [4.69, 9.17) is 19.7 Å². The van der Waals surface area contributed by atoms with E-state index in [2.05, 4.69) is 0 Å². The van der Waals surface area contributed by atoms with Crippen LogP contribution in [0.3, 0.4) is 0 Å². The molecule has 5 heteroatoms. The van der Waals surface area contributed by atoms with Crippen molar-refractivity contribution in [1.29, 1.82) is 0 Å². The van der Waals surface area contributed by atoms with Gasteiger partial charge < -0.3 is 19.7 Å². The van der Waals surface area contributed by atoms with E-state index < -0.39 is 11.8 Å². The smallest absolute Gasteiger partial charge is 0.303 e. The average Bonchev–Trinajstić information content (AvgIpc) is 2.82. The monoisotopic (exact) mass is 282 g/mol. The summed E-state index contributed by atoms with van der Waals surface area (Å²) >= 11 is 0. The normalized spacial score (nSPS) is 24.9. The van der Waals surface area contributed by atoms with Crippen molar-refractivity contribution in [1.82, 2.24) is 0 Å². The number of hydrogen-bond donors (Lipinski definition) is 2. The van der Waals surface area contributed by atoms with Crippen LogP contribution in [0.2, 0.25) is 0 Å². The van der Waals surface area contributed by atoms with Crippen LogP contribution in [0.4, 0.5) is 0 Å². The summed E-state index contributed by atoms with van der Waals surface area (Å²) in [6.45, 7) is 4.00. The Morgan fingerprint density at radius 2 is 2.00 bits per heavy atom. The van der Waals surface area contributed by atoms with Crippen LogP contribution < -0.4 is 0 Å². The zero-order valence-corrected chi connectivity index (χ0v) is 11.9. The summed E-state index contributed by atoms with van der Waals surface area (Å²) in [5.74, 6) is -1.33. The van der Waals surface area contributed by atoms with Gasteiger partial charge in [0.15, 0.2) is 5.79 Å². The van der Waals surface area contributed by atoms with E-state index in [1.165, 1.54) is 5.56 Å². The molecule has 0 saturated carbocycles. The van der Waals surface area contributed by atoms with E-state index in [0.29, 0.717) is 13.0 Å². The Bertz CT molecular complexity index is 406. The number of ether oxygens (including phenoxy) is 2. The second kappa shape index (κ2) is 7.99. The molecule has 0 spiro atoms. The molecule has 0 amide bonds. The summed E-state index contributed by atoms with van der Waals surface area (Å²) in [6.07, 6.45) is 0.753. The van der Waals surface area contributed by atoms with E-state index in [9.17, 15) is 4.79 Å². The topological polar surface area (TPSA) is 76.0 Å². The van der Waals surface area contributed by atoms with Gasteiger partial charge in [-0.2, -0.15) is 0 Å². The van der Waals surface area contributed by atoms with E-state index in [-0.39, 0.29) is 19.1 Å². The first-order valence-corrected chi connectivity index (χ1v) is 6.67. The Labute approximate surface area is 119 Å². The van der Waals surface area contributed by atoms with Gasteiger partial charge in [-0.25, -0.2) is 0 Å². The summed E-state index contributed by atoms with van der Waals surface area (Å²) in [5, 5.41) is 16.7. The van der Waals surface area contributed by atoms with E-state index in [1.54, 1.807) is 6.92 Å². The molecule has 0 aliphatic carbocycles. The molecule has 1 fully saturated rings. The van der Waals surface area contributed by atoms with Gasteiger partial charge in [0.05, 0.1) is 13.2 Å². The number of carboxylic acid groups (broad SMARTS) is 1.